The van der Waals surface area contributed by atoms with Gasteiger partial charge in [0.25, 0.3) is 0 Å². The van der Waals surface area contributed by atoms with E-state index in [1.165, 1.54) is 0 Å². The first-order chi connectivity index (χ1) is 7.25. The van der Waals surface area contributed by atoms with E-state index in [1.54, 1.807) is 16.2 Å². The molecule has 0 bridgehead atoms. The highest BCUT2D eigenvalue weighted by molar-refractivity contribution is 7.07. The molecule has 1 saturated heterocycles. The molecule has 1 aliphatic rings. The van der Waals surface area contributed by atoms with Crippen molar-refractivity contribution < 1.29 is 9.90 Å². The topological polar surface area (TPSA) is 40.5 Å². The lowest BCUT2D eigenvalue weighted by Crippen LogP contribution is -2.42. The van der Waals surface area contributed by atoms with Crippen LogP contribution >= 0.6 is 11.3 Å². The second-order valence-electron chi connectivity index (χ2n) is 3.94. The Balaban J connectivity index is 1.90. The van der Waals surface area contributed by atoms with Crippen molar-refractivity contribution >= 4 is 17.2 Å². The summed E-state index contributed by atoms with van der Waals surface area (Å²) in [6.45, 7) is 1.29. The highest BCUT2D eigenvalue weighted by Crippen LogP contribution is 2.13. The number of amides is 1. The Bertz CT molecular complexity index is 323. The number of carbonyl (C=O) groups is 1. The fraction of sp³-hybridized carbons (Fsp3) is 0.545. The Morgan fingerprint density at radius 1 is 1.67 bits per heavy atom. The number of aliphatic hydroxyl groups is 1. The van der Waals surface area contributed by atoms with Gasteiger partial charge in [-0.1, -0.05) is 0 Å². The van der Waals surface area contributed by atoms with Gasteiger partial charge in [-0.3, -0.25) is 4.79 Å². The monoisotopic (exact) mass is 225 g/mol. The molecular weight excluding hydrogens is 210 g/mol. The van der Waals surface area contributed by atoms with E-state index in [4.69, 9.17) is 0 Å². The summed E-state index contributed by atoms with van der Waals surface area (Å²) in [6.07, 6.45) is 1.87. The molecule has 15 heavy (non-hydrogen) atoms. The van der Waals surface area contributed by atoms with Crippen LogP contribution in [0.4, 0.5) is 0 Å². The molecule has 1 aromatic rings. The molecule has 1 N–H and O–H groups in total. The summed E-state index contributed by atoms with van der Waals surface area (Å²) in [5.41, 5.74) is 1.07. The van der Waals surface area contributed by atoms with Crippen LogP contribution in [0.25, 0.3) is 0 Å². The van der Waals surface area contributed by atoms with Crippen molar-refractivity contribution in [1.82, 2.24) is 4.90 Å². The zero-order chi connectivity index (χ0) is 10.7. The van der Waals surface area contributed by atoms with Gasteiger partial charge in [-0.2, -0.15) is 11.3 Å². The maximum Gasteiger partial charge on any atom is 0.227 e. The second kappa shape index (κ2) is 4.77. The Morgan fingerprint density at radius 2 is 2.53 bits per heavy atom. The van der Waals surface area contributed by atoms with Gasteiger partial charge in [-0.15, -0.1) is 0 Å². The minimum Gasteiger partial charge on any atom is -0.391 e. The molecule has 1 aromatic heterocycles. The molecule has 1 atom stereocenters. The summed E-state index contributed by atoms with van der Waals surface area (Å²) in [4.78, 5) is 13.6. The standard InChI is InChI=1S/C11H15NO2S/c13-10-2-1-4-12(7-10)11(14)6-9-3-5-15-8-9/h3,5,8,10,13H,1-2,4,6-7H2. The highest BCUT2D eigenvalue weighted by atomic mass is 32.1. The smallest absolute Gasteiger partial charge is 0.227 e. The van der Waals surface area contributed by atoms with Crippen molar-refractivity contribution in [2.75, 3.05) is 13.1 Å². The average molecular weight is 225 g/mol. The van der Waals surface area contributed by atoms with Gasteiger partial charge in [0.1, 0.15) is 0 Å². The number of carbonyl (C=O) groups excluding carboxylic acids is 1. The Hall–Kier alpha value is -0.870. The van der Waals surface area contributed by atoms with E-state index in [-0.39, 0.29) is 12.0 Å². The minimum absolute atomic E-state index is 0.132. The van der Waals surface area contributed by atoms with E-state index < -0.39 is 0 Å². The van der Waals surface area contributed by atoms with Crippen LogP contribution in [0.15, 0.2) is 16.8 Å². The van der Waals surface area contributed by atoms with Gasteiger partial charge in [0, 0.05) is 13.1 Å². The van der Waals surface area contributed by atoms with Crippen molar-refractivity contribution in [3.63, 3.8) is 0 Å². The quantitative estimate of drug-likeness (QED) is 0.823. The van der Waals surface area contributed by atoms with Crippen LogP contribution in [-0.4, -0.2) is 35.1 Å². The fourth-order valence-corrected chi connectivity index (χ4v) is 2.53. The van der Waals surface area contributed by atoms with Gasteiger partial charge in [0.05, 0.1) is 12.5 Å². The minimum atomic E-state index is -0.329. The summed E-state index contributed by atoms with van der Waals surface area (Å²) in [5.74, 6) is 0.132. The first kappa shape index (κ1) is 10.6. The van der Waals surface area contributed by atoms with Crippen molar-refractivity contribution in [2.24, 2.45) is 0 Å². The van der Waals surface area contributed by atoms with Gasteiger partial charge >= 0.3 is 0 Å². The largest absolute Gasteiger partial charge is 0.391 e. The number of hydrogen-bond donors (Lipinski definition) is 1. The molecule has 0 spiro atoms. The maximum atomic E-state index is 11.8. The van der Waals surface area contributed by atoms with Gasteiger partial charge in [0.15, 0.2) is 0 Å². The van der Waals surface area contributed by atoms with Crippen molar-refractivity contribution in [3.05, 3.63) is 22.4 Å². The second-order valence-corrected chi connectivity index (χ2v) is 4.72. The molecule has 1 unspecified atom stereocenters. The molecule has 1 amide bonds. The number of hydrogen-bond acceptors (Lipinski definition) is 3. The molecular formula is C11H15NO2S. The summed E-state index contributed by atoms with van der Waals surface area (Å²) in [6, 6.07) is 1.98. The molecule has 1 fully saturated rings. The molecule has 0 radical (unpaired) electrons. The van der Waals surface area contributed by atoms with Crippen LogP contribution in [0, 0.1) is 0 Å². The third kappa shape index (κ3) is 2.79. The summed E-state index contributed by atoms with van der Waals surface area (Å²) in [5, 5.41) is 13.4. The summed E-state index contributed by atoms with van der Waals surface area (Å²) < 4.78 is 0. The zero-order valence-corrected chi connectivity index (χ0v) is 9.37. The first-order valence-corrected chi connectivity index (χ1v) is 6.17. The average Bonchev–Trinajstić information content (AvgIpc) is 2.70. The Labute approximate surface area is 93.3 Å². The van der Waals surface area contributed by atoms with E-state index in [9.17, 15) is 9.90 Å². The predicted octanol–water partition coefficient (Wildman–Crippen LogP) is 1.27. The number of β-amino-alcohol motifs (C(OH)–C–C–N with tert-alkyl or cyclic N) is 1. The number of piperidine rings is 1. The predicted molar refractivity (Wildman–Crippen MR) is 59.8 cm³/mol. The van der Waals surface area contributed by atoms with E-state index in [1.807, 2.05) is 16.8 Å². The first-order valence-electron chi connectivity index (χ1n) is 5.22. The lowest BCUT2D eigenvalue weighted by molar-refractivity contribution is -0.133. The van der Waals surface area contributed by atoms with Crippen molar-refractivity contribution in [2.45, 2.75) is 25.4 Å². The molecule has 0 saturated carbocycles. The Kier molecular flexibility index (Phi) is 3.38. The van der Waals surface area contributed by atoms with Gasteiger partial charge in [-0.25, -0.2) is 0 Å². The normalized spacial score (nSPS) is 21.7. The van der Waals surface area contributed by atoms with Crippen molar-refractivity contribution in [1.29, 1.82) is 0 Å². The number of nitrogens with zero attached hydrogens (tertiary/aromatic N) is 1. The number of likely N-dealkylation sites (tertiary alicyclic amines) is 1. The van der Waals surface area contributed by atoms with Gasteiger partial charge in [-0.05, 0) is 35.2 Å². The lowest BCUT2D eigenvalue weighted by Gasteiger charge is -2.30. The van der Waals surface area contributed by atoms with Crippen LogP contribution in [0.5, 0.6) is 0 Å². The third-order valence-corrected chi connectivity index (χ3v) is 3.42. The van der Waals surface area contributed by atoms with Crippen LogP contribution in [-0.2, 0) is 11.2 Å². The van der Waals surface area contributed by atoms with E-state index in [0.29, 0.717) is 13.0 Å². The highest BCUT2D eigenvalue weighted by Gasteiger charge is 2.21. The molecule has 2 rings (SSSR count). The lowest BCUT2D eigenvalue weighted by atomic mass is 10.1. The molecule has 0 aromatic carbocycles. The van der Waals surface area contributed by atoms with Gasteiger partial charge < -0.3 is 10.0 Å². The number of aliphatic hydroxyl groups excluding tert-OH is 1. The molecule has 2 heterocycles. The van der Waals surface area contributed by atoms with E-state index >= 15 is 0 Å². The SMILES string of the molecule is O=C(Cc1ccsc1)N1CCCC(O)C1. The van der Waals surface area contributed by atoms with Crippen LogP contribution in [0.3, 0.4) is 0 Å². The van der Waals surface area contributed by atoms with Crippen LogP contribution in [0.2, 0.25) is 0 Å². The summed E-state index contributed by atoms with van der Waals surface area (Å²) >= 11 is 1.61. The zero-order valence-electron chi connectivity index (χ0n) is 8.56. The summed E-state index contributed by atoms with van der Waals surface area (Å²) in [7, 11) is 0. The Morgan fingerprint density at radius 3 is 3.20 bits per heavy atom. The van der Waals surface area contributed by atoms with E-state index in [2.05, 4.69) is 0 Å². The van der Waals surface area contributed by atoms with Gasteiger partial charge in [0.2, 0.25) is 5.91 Å². The molecule has 82 valence electrons. The van der Waals surface area contributed by atoms with Crippen LogP contribution in [0.1, 0.15) is 18.4 Å². The molecule has 4 heteroatoms. The fourth-order valence-electron chi connectivity index (χ4n) is 1.86. The maximum absolute atomic E-state index is 11.8. The van der Waals surface area contributed by atoms with Crippen LogP contribution < -0.4 is 0 Å². The molecule has 1 aliphatic heterocycles. The van der Waals surface area contributed by atoms with Crippen molar-refractivity contribution in [3.8, 4) is 0 Å². The third-order valence-electron chi connectivity index (χ3n) is 2.68. The molecule has 0 aliphatic carbocycles. The van der Waals surface area contributed by atoms with E-state index in [0.717, 1.165) is 24.9 Å². The number of rotatable bonds is 2. The number of thiophene rings is 1. The molecule has 3 nitrogen and oxygen atoms in total.